The van der Waals surface area contributed by atoms with Gasteiger partial charge in [-0.3, -0.25) is 4.79 Å². The minimum absolute atomic E-state index is 0.0651. The number of piperidine rings is 1. The fraction of sp³-hybridized carbons (Fsp3) is 0.417. The molecule has 0 spiro atoms. The molecule has 9 heteroatoms. The van der Waals surface area contributed by atoms with Crippen molar-refractivity contribution in [3.8, 4) is 11.4 Å². The second-order valence-corrected chi connectivity index (χ2v) is 9.98. The highest BCUT2D eigenvalue weighted by Gasteiger charge is 2.38. The van der Waals surface area contributed by atoms with Crippen LogP contribution in [-0.4, -0.2) is 33.0 Å². The average molecular weight is 462 g/mol. The normalized spacial score (nSPS) is 18.4. The molecule has 2 heterocycles. The molecule has 1 aliphatic rings. The van der Waals surface area contributed by atoms with E-state index in [-0.39, 0.29) is 51.0 Å². The Balaban J connectivity index is 1.55. The van der Waals surface area contributed by atoms with E-state index in [4.69, 9.17) is 0 Å². The maximum absolute atomic E-state index is 14.9. The van der Waals surface area contributed by atoms with Crippen LogP contribution >= 0.6 is 0 Å². The smallest absolute Gasteiger partial charge is 0.349 e. The van der Waals surface area contributed by atoms with Crippen molar-refractivity contribution in [3.63, 3.8) is 0 Å². The number of aromatic amines is 1. The van der Waals surface area contributed by atoms with Gasteiger partial charge >= 0.3 is 6.18 Å². The van der Waals surface area contributed by atoms with Gasteiger partial charge in [0, 0.05) is 22.7 Å². The Labute approximate surface area is 189 Å². The quantitative estimate of drug-likeness (QED) is 0.455. The van der Waals surface area contributed by atoms with Crippen LogP contribution in [-0.2, 0) is 6.18 Å². The summed E-state index contributed by atoms with van der Waals surface area (Å²) < 4.78 is 53.7. The molecule has 1 aliphatic heterocycles. The van der Waals surface area contributed by atoms with Gasteiger partial charge in [0.1, 0.15) is 11.6 Å². The zero-order valence-corrected chi connectivity index (χ0v) is 18.8. The lowest BCUT2D eigenvalue weighted by molar-refractivity contribution is -0.137. The van der Waals surface area contributed by atoms with E-state index in [9.17, 15) is 22.4 Å². The molecule has 4 rings (SSSR count). The second-order valence-electron chi connectivity index (χ2n) is 9.98. The minimum atomic E-state index is -4.49. The Hall–Kier alpha value is -2.94. The van der Waals surface area contributed by atoms with Crippen molar-refractivity contribution in [2.75, 3.05) is 0 Å². The first kappa shape index (κ1) is 23.2. The Morgan fingerprint density at radius 2 is 1.73 bits per heavy atom. The van der Waals surface area contributed by atoms with E-state index in [1.165, 1.54) is 18.2 Å². The number of benzene rings is 2. The number of rotatable bonds is 3. The maximum Gasteiger partial charge on any atom is 0.416 e. The third kappa shape index (κ3) is 5.03. The number of alkyl halides is 3. The summed E-state index contributed by atoms with van der Waals surface area (Å²) in [6, 6.07) is 7.05. The number of halogens is 4. The Kier molecular flexibility index (Phi) is 5.51. The van der Waals surface area contributed by atoms with E-state index < -0.39 is 17.6 Å². The Morgan fingerprint density at radius 3 is 2.33 bits per heavy atom. The lowest BCUT2D eigenvalue weighted by Crippen LogP contribution is -2.62. The first-order chi connectivity index (χ1) is 15.2. The fourth-order valence-electron chi connectivity index (χ4n) is 4.85. The number of aromatic nitrogens is 2. The number of amides is 1. The van der Waals surface area contributed by atoms with Crippen LogP contribution in [0.3, 0.4) is 0 Å². The van der Waals surface area contributed by atoms with E-state index in [1.54, 1.807) is 0 Å². The van der Waals surface area contributed by atoms with E-state index in [1.807, 2.05) is 0 Å². The van der Waals surface area contributed by atoms with Crippen LogP contribution in [0.5, 0.6) is 0 Å². The number of nitrogens with zero attached hydrogens (tertiary/aromatic N) is 1. The summed E-state index contributed by atoms with van der Waals surface area (Å²) in [5, 5.41) is 6.55. The van der Waals surface area contributed by atoms with E-state index in [2.05, 4.69) is 48.3 Å². The van der Waals surface area contributed by atoms with Gasteiger partial charge < -0.3 is 15.6 Å². The summed E-state index contributed by atoms with van der Waals surface area (Å²) in [7, 11) is 0. The van der Waals surface area contributed by atoms with E-state index in [0.717, 1.165) is 31.0 Å². The van der Waals surface area contributed by atoms with Gasteiger partial charge in [-0.15, -0.1) is 0 Å². The van der Waals surface area contributed by atoms with Gasteiger partial charge in [0.05, 0.1) is 22.2 Å². The van der Waals surface area contributed by atoms with Gasteiger partial charge in [0.25, 0.3) is 5.91 Å². The van der Waals surface area contributed by atoms with E-state index in [0.29, 0.717) is 0 Å². The summed E-state index contributed by atoms with van der Waals surface area (Å²) >= 11 is 0. The number of nitrogens with one attached hydrogen (secondary N) is 3. The molecule has 1 saturated heterocycles. The fourth-order valence-corrected chi connectivity index (χ4v) is 4.85. The van der Waals surface area contributed by atoms with Crippen molar-refractivity contribution < 1.29 is 22.4 Å². The number of imidazole rings is 1. The molecule has 0 radical (unpaired) electrons. The molecule has 3 aromatic rings. The van der Waals surface area contributed by atoms with Crippen LogP contribution in [0.2, 0.25) is 0 Å². The third-order valence-electron chi connectivity index (χ3n) is 5.82. The number of carbonyl (C=O) groups is 1. The minimum Gasteiger partial charge on any atom is -0.349 e. The van der Waals surface area contributed by atoms with Gasteiger partial charge in [0.15, 0.2) is 0 Å². The number of carbonyl (C=O) groups excluding carboxylic acids is 1. The first-order valence-electron chi connectivity index (χ1n) is 10.7. The summed E-state index contributed by atoms with van der Waals surface area (Å²) in [6.45, 7) is 8.30. The lowest BCUT2D eigenvalue weighted by Gasteiger charge is -2.46. The van der Waals surface area contributed by atoms with Crippen molar-refractivity contribution in [3.05, 3.63) is 53.3 Å². The van der Waals surface area contributed by atoms with E-state index >= 15 is 0 Å². The maximum atomic E-state index is 14.9. The van der Waals surface area contributed by atoms with Gasteiger partial charge in [-0.05, 0) is 76.9 Å². The highest BCUT2D eigenvalue weighted by molar-refractivity contribution is 5.95. The average Bonchev–Trinajstić information content (AvgIpc) is 3.07. The number of H-pyrrole nitrogens is 1. The predicted molar refractivity (Wildman–Crippen MR) is 118 cm³/mol. The van der Waals surface area contributed by atoms with Crippen molar-refractivity contribution in [2.24, 2.45) is 0 Å². The summed E-state index contributed by atoms with van der Waals surface area (Å²) in [6.07, 6.45) is -3.01. The standard InChI is InChI=1S/C24H26F4N4O/c1-22(2)11-15(12-23(3,4)32-22)29-21(33)13-5-7-16(17(25)9-13)20-30-18-8-6-14(24(26,27)28)10-19(18)31-20/h5-10,15,32H,11-12H2,1-4H3,(H,29,33)(H,30,31). The number of hydrogen-bond donors (Lipinski definition) is 3. The molecule has 2 aromatic carbocycles. The molecule has 33 heavy (non-hydrogen) atoms. The van der Waals surface area contributed by atoms with Crippen LogP contribution in [0.25, 0.3) is 22.4 Å². The zero-order valence-electron chi connectivity index (χ0n) is 18.8. The molecule has 0 unspecified atom stereocenters. The predicted octanol–water partition coefficient (Wildman–Crippen LogP) is 5.43. The third-order valence-corrected chi connectivity index (χ3v) is 5.82. The van der Waals surface area contributed by atoms with Crippen molar-refractivity contribution in [2.45, 2.75) is 63.8 Å². The van der Waals surface area contributed by atoms with Crippen LogP contribution in [0.15, 0.2) is 36.4 Å². The zero-order chi connectivity index (χ0) is 24.2. The molecule has 0 saturated carbocycles. The van der Waals surface area contributed by atoms with Crippen LogP contribution < -0.4 is 10.6 Å². The largest absolute Gasteiger partial charge is 0.416 e. The highest BCUT2D eigenvalue weighted by atomic mass is 19.4. The second kappa shape index (κ2) is 7.83. The molecular weight excluding hydrogens is 436 g/mol. The lowest BCUT2D eigenvalue weighted by atomic mass is 9.79. The molecule has 1 aromatic heterocycles. The highest BCUT2D eigenvalue weighted by Crippen LogP contribution is 2.32. The molecule has 1 fully saturated rings. The molecule has 176 valence electrons. The number of hydrogen-bond acceptors (Lipinski definition) is 3. The van der Waals surface area contributed by atoms with Gasteiger partial charge in [-0.2, -0.15) is 13.2 Å². The topological polar surface area (TPSA) is 69.8 Å². The molecule has 0 aliphatic carbocycles. The van der Waals surface area contributed by atoms with Gasteiger partial charge in [-0.1, -0.05) is 0 Å². The Bertz CT molecular complexity index is 1200. The van der Waals surface area contributed by atoms with Crippen molar-refractivity contribution in [1.29, 1.82) is 0 Å². The number of fused-ring (bicyclic) bond motifs is 1. The van der Waals surface area contributed by atoms with Crippen LogP contribution in [0, 0.1) is 5.82 Å². The molecule has 1 amide bonds. The molecule has 3 N–H and O–H groups in total. The monoisotopic (exact) mass is 462 g/mol. The van der Waals surface area contributed by atoms with Crippen molar-refractivity contribution >= 4 is 16.9 Å². The summed E-state index contributed by atoms with van der Waals surface area (Å²) in [4.78, 5) is 19.7. The van der Waals surface area contributed by atoms with Crippen molar-refractivity contribution in [1.82, 2.24) is 20.6 Å². The van der Waals surface area contributed by atoms with Crippen LogP contribution in [0.1, 0.15) is 56.5 Å². The Morgan fingerprint density at radius 1 is 1.06 bits per heavy atom. The first-order valence-corrected chi connectivity index (χ1v) is 10.7. The molecule has 5 nitrogen and oxygen atoms in total. The van der Waals surface area contributed by atoms with Crippen LogP contribution in [0.4, 0.5) is 17.6 Å². The SMILES string of the molecule is CC1(C)CC(NC(=O)c2ccc(-c3nc4ccc(C(F)(F)F)cc4[nH]3)c(F)c2)CC(C)(C)N1. The van der Waals surface area contributed by atoms with Gasteiger partial charge in [0.2, 0.25) is 0 Å². The summed E-state index contributed by atoms with van der Waals surface area (Å²) in [5.74, 6) is -0.974. The molecule has 0 bridgehead atoms. The van der Waals surface area contributed by atoms with Gasteiger partial charge in [-0.25, -0.2) is 9.37 Å². The molecular formula is C24H26F4N4O. The summed E-state index contributed by atoms with van der Waals surface area (Å²) in [5.41, 5.74) is -0.444. The molecule has 0 atom stereocenters.